The molecule has 1 fully saturated rings. The molecule has 0 spiro atoms. The maximum absolute atomic E-state index is 11.1. The summed E-state index contributed by atoms with van der Waals surface area (Å²) in [6.07, 6.45) is 3.19. The van der Waals surface area contributed by atoms with E-state index in [-0.39, 0.29) is 5.91 Å². The molecule has 0 unspecified atom stereocenters. The second-order valence-electron chi connectivity index (χ2n) is 7.02. The van der Waals surface area contributed by atoms with E-state index in [2.05, 4.69) is 29.3 Å². The largest absolute Gasteiger partial charge is 0.378 e. The van der Waals surface area contributed by atoms with Crippen molar-refractivity contribution in [1.29, 1.82) is 0 Å². The van der Waals surface area contributed by atoms with E-state index in [9.17, 15) is 4.79 Å². The van der Waals surface area contributed by atoms with Crippen molar-refractivity contribution in [2.75, 3.05) is 11.9 Å². The van der Waals surface area contributed by atoms with Gasteiger partial charge in [0.25, 0.3) is 0 Å². The summed E-state index contributed by atoms with van der Waals surface area (Å²) in [5.41, 5.74) is 1.62. The molecule has 2 heterocycles. The van der Waals surface area contributed by atoms with E-state index in [1.54, 1.807) is 0 Å². The lowest BCUT2D eigenvalue weighted by atomic mass is 9.88. The number of ether oxygens (including phenoxy) is 1. The van der Waals surface area contributed by atoms with Crippen molar-refractivity contribution in [2.45, 2.75) is 46.1 Å². The summed E-state index contributed by atoms with van der Waals surface area (Å²) in [5.74, 6) is 2.22. The van der Waals surface area contributed by atoms with Gasteiger partial charge in [-0.25, -0.2) is 0 Å². The zero-order valence-electron chi connectivity index (χ0n) is 15.0. The van der Waals surface area contributed by atoms with Crippen molar-refractivity contribution in [1.82, 2.24) is 10.1 Å². The molecule has 2 aromatic rings. The molecule has 25 heavy (non-hydrogen) atoms. The molecule has 1 aliphatic rings. The summed E-state index contributed by atoms with van der Waals surface area (Å²) in [5, 5.41) is 6.83. The molecule has 1 saturated heterocycles. The van der Waals surface area contributed by atoms with Crippen LogP contribution >= 0.6 is 0 Å². The summed E-state index contributed by atoms with van der Waals surface area (Å²) in [4.78, 5) is 15.6. The minimum Gasteiger partial charge on any atom is -0.378 e. The first-order chi connectivity index (χ1) is 12.0. The molecule has 6 nitrogen and oxygen atoms in total. The molecule has 0 radical (unpaired) electrons. The van der Waals surface area contributed by atoms with Crippen molar-refractivity contribution in [3.05, 3.63) is 30.2 Å². The number of anilines is 1. The molecule has 0 bridgehead atoms. The van der Waals surface area contributed by atoms with Crippen LogP contribution in [0.2, 0.25) is 0 Å². The number of carbonyl (C=O) groups excluding carboxylic acids is 1. The van der Waals surface area contributed by atoms with Crippen LogP contribution in [0.4, 0.5) is 5.69 Å². The Bertz CT molecular complexity index is 709. The Morgan fingerprint density at radius 2 is 2.08 bits per heavy atom. The van der Waals surface area contributed by atoms with Gasteiger partial charge in [0.1, 0.15) is 0 Å². The molecule has 1 aromatic carbocycles. The SMILES string of the molecule is CC(=O)Nc1ccc(-c2noc(C[C@@H]3CCO[C@@H](C(C)C)C3)n2)cc1. The molecule has 0 aliphatic carbocycles. The van der Waals surface area contributed by atoms with Gasteiger partial charge in [0.2, 0.25) is 17.6 Å². The number of rotatable bonds is 5. The molecular weight excluding hydrogens is 318 g/mol. The van der Waals surface area contributed by atoms with Crippen molar-refractivity contribution < 1.29 is 14.1 Å². The van der Waals surface area contributed by atoms with Crippen molar-refractivity contribution in [3.8, 4) is 11.4 Å². The van der Waals surface area contributed by atoms with E-state index >= 15 is 0 Å². The maximum atomic E-state index is 11.1. The number of hydrogen-bond donors (Lipinski definition) is 1. The molecule has 2 atom stereocenters. The Labute approximate surface area is 148 Å². The van der Waals surface area contributed by atoms with Gasteiger partial charge in [0.05, 0.1) is 6.10 Å². The number of nitrogens with one attached hydrogen (secondary N) is 1. The monoisotopic (exact) mass is 343 g/mol. The fourth-order valence-electron chi connectivity index (χ4n) is 3.16. The first kappa shape index (κ1) is 17.6. The minimum atomic E-state index is -0.0919. The topological polar surface area (TPSA) is 77.2 Å². The lowest BCUT2D eigenvalue weighted by Gasteiger charge is -2.31. The smallest absolute Gasteiger partial charge is 0.227 e. The average Bonchev–Trinajstić information content (AvgIpc) is 3.03. The van der Waals surface area contributed by atoms with Gasteiger partial charge in [0, 0.05) is 31.2 Å². The first-order valence-corrected chi connectivity index (χ1v) is 8.83. The lowest BCUT2D eigenvalue weighted by Crippen LogP contribution is -2.30. The Morgan fingerprint density at radius 1 is 1.32 bits per heavy atom. The Balaban J connectivity index is 1.63. The van der Waals surface area contributed by atoms with Crippen LogP contribution < -0.4 is 5.32 Å². The molecule has 1 amide bonds. The number of aromatic nitrogens is 2. The Hall–Kier alpha value is -2.21. The fourth-order valence-corrected chi connectivity index (χ4v) is 3.16. The van der Waals surface area contributed by atoms with Crippen LogP contribution in [0, 0.1) is 11.8 Å². The van der Waals surface area contributed by atoms with Crippen molar-refractivity contribution in [2.24, 2.45) is 11.8 Å². The molecule has 1 aliphatic heterocycles. The highest BCUT2D eigenvalue weighted by Gasteiger charge is 2.26. The van der Waals surface area contributed by atoms with Crippen LogP contribution in [-0.4, -0.2) is 28.8 Å². The molecular formula is C19H25N3O3. The summed E-state index contributed by atoms with van der Waals surface area (Å²) in [6, 6.07) is 7.42. The highest BCUT2D eigenvalue weighted by molar-refractivity contribution is 5.88. The Kier molecular flexibility index (Phi) is 5.48. The van der Waals surface area contributed by atoms with Gasteiger partial charge in [-0.3, -0.25) is 4.79 Å². The number of benzene rings is 1. The predicted octanol–water partition coefficient (Wildman–Crippen LogP) is 3.69. The fraction of sp³-hybridized carbons (Fsp3) is 0.526. The van der Waals surface area contributed by atoms with E-state index in [0.717, 1.165) is 37.1 Å². The van der Waals surface area contributed by atoms with Crippen molar-refractivity contribution >= 4 is 11.6 Å². The minimum absolute atomic E-state index is 0.0919. The van der Waals surface area contributed by atoms with Crippen LogP contribution in [0.1, 0.15) is 39.5 Å². The third-order valence-electron chi connectivity index (χ3n) is 4.56. The third-order valence-corrected chi connectivity index (χ3v) is 4.56. The van der Waals surface area contributed by atoms with E-state index in [0.29, 0.717) is 29.7 Å². The maximum Gasteiger partial charge on any atom is 0.227 e. The quantitative estimate of drug-likeness (QED) is 0.896. The van der Waals surface area contributed by atoms with E-state index < -0.39 is 0 Å². The van der Waals surface area contributed by atoms with Gasteiger partial charge in [-0.15, -0.1) is 0 Å². The van der Waals surface area contributed by atoms with Crippen LogP contribution in [0.25, 0.3) is 11.4 Å². The summed E-state index contributed by atoms with van der Waals surface area (Å²) in [7, 11) is 0. The van der Waals surface area contributed by atoms with E-state index in [1.165, 1.54) is 6.92 Å². The molecule has 1 N–H and O–H groups in total. The summed E-state index contributed by atoms with van der Waals surface area (Å²) >= 11 is 0. The second-order valence-corrected chi connectivity index (χ2v) is 7.02. The number of nitrogens with zero attached hydrogens (tertiary/aromatic N) is 2. The summed E-state index contributed by atoms with van der Waals surface area (Å²) < 4.78 is 11.3. The number of carbonyl (C=O) groups is 1. The van der Waals surface area contributed by atoms with Gasteiger partial charge in [0.15, 0.2) is 0 Å². The molecule has 3 rings (SSSR count). The Morgan fingerprint density at radius 3 is 2.76 bits per heavy atom. The summed E-state index contributed by atoms with van der Waals surface area (Å²) in [6.45, 7) is 6.68. The van der Waals surface area contributed by atoms with Crippen molar-refractivity contribution in [3.63, 3.8) is 0 Å². The number of amides is 1. The van der Waals surface area contributed by atoms with E-state index in [4.69, 9.17) is 9.26 Å². The number of hydrogen-bond acceptors (Lipinski definition) is 5. The normalized spacial score (nSPS) is 20.6. The molecule has 6 heteroatoms. The van der Waals surface area contributed by atoms with Crippen LogP contribution in [-0.2, 0) is 16.0 Å². The standard InChI is InChI=1S/C19H25N3O3/c1-12(2)17-10-14(8-9-24-17)11-18-21-19(22-25-18)15-4-6-16(7-5-15)20-13(3)23/h4-7,12,14,17H,8-11H2,1-3H3,(H,20,23)/t14-,17-/m1/s1. The highest BCUT2D eigenvalue weighted by Crippen LogP contribution is 2.28. The lowest BCUT2D eigenvalue weighted by molar-refractivity contribution is -0.114. The van der Waals surface area contributed by atoms with Crippen LogP contribution in [0.15, 0.2) is 28.8 Å². The van der Waals surface area contributed by atoms with Gasteiger partial charge in [-0.2, -0.15) is 4.98 Å². The highest BCUT2D eigenvalue weighted by atomic mass is 16.5. The van der Waals surface area contributed by atoms with Gasteiger partial charge >= 0.3 is 0 Å². The third kappa shape index (κ3) is 4.66. The predicted molar refractivity (Wildman–Crippen MR) is 95.0 cm³/mol. The van der Waals surface area contributed by atoms with Gasteiger partial charge < -0.3 is 14.6 Å². The first-order valence-electron chi connectivity index (χ1n) is 8.83. The molecule has 134 valence electrons. The molecule has 1 aromatic heterocycles. The van der Waals surface area contributed by atoms with E-state index in [1.807, 2.05) is 24.3 Å². The second kappa shape index (κ2) is 7.78. The molecule has 0 saturated carbocycles. The zero-order chi connectivity index (χ0) is 17.8. The average molecular weight is 343 g/mol. The van der Waals surface area contributed by atoms with Crippen LogP contribution in [0.3, 0.4) is 0 Å². The van der Waals surface area contributed by atoms with Crippen LogP contribution in [0.5, 0.6) is 0 Å². The van der Waals surface area contributed by atoms with Gasteiger partial charge in [-0.1, -0.05) is 19.0 Å². The van der Waals surface area contributed by atoms with Gasteiger partial charge in [-0.05, 0) is 48.9 Å². The zero-order valence-corrected chi connectivity index (χ0v) is 15.0.